The van der Waals surface area contributed by atoms with Crippen LogP contribution in [0.25, 0.3) is 11.3 Å². The van der Waals surface area contributed by atoms with Crippen molar-refractivity contribution in [1.29, 1.82) is 0 Å². The summed E-state index contributed by atoms with van der Waals surface area (Å²) in [5.41, 5.74) is 3.84. The topological polar surface area (TPSA) is 64.4 Å². The van der Waals surface area contributed by atoms with Crippen LogP contribution in [0.3, 0.4) is 0 Å². The van der Waals surface area contributed by atoms with Crippen LogP contribution in [0.4, 0.5) is 0 Å². The molecule has 4 rings (SSSR count). The second kappa shape index (κ2) is 6.61. The second-order valence-corrected chi connectivity index (χ2v) is 7.68. The van der Waals surface area contributed by atoms with E-state index >= 15 is 0 Å². The Kier molecular flexibility index (Phi) is 4.28. The van der Waals surface area contributed by atoms with Crippen LogP contribution in [-0.2, 0) is 19.4 Å². The smallest absolute Gasteiger partial charge is 0.287 e. The van der Waals surface area contributed by atoms with Crippen LogP contribution in [-0.4, -0.2) is 18.0 Å². The van der Waals surface area contributed by atoms with Gasteiger partial charge in [-0.2, -0.15) is 0 Å². The fourth-order valence-corrected chi connectivity index (χ4v) is 4.32. The monoisotopic (exact) mass is 368 g/mol. The van der Waals surface area contributed by atoms with E-state index in [4.69, 9.17) is 9.15 Å². The molecule has 0 bridgehead atoms. The van der Waals surface area contributed by atoms with Gasteiger partial charge in [-0.3, -0.25) is 4.79 Å². The number of rotatable bonds is 4. The molecule has 0 saturated heterocycles. The molecule has 6 heteroatoms. The van der Waals surface area contributed by atoms with E-state index in [1.54, 1.807) is 18.4 Å². The van der Waals surface area contributed by atoms with Crippen LogP contribution in [0.5, 0.6) is 5.75 Å². The first-order valence-corrected chi connectivity index (χ1v) is 9.38. The summed E-state index contributed by atoms with van der Waals surface area (Å²) >= 11 is 1.73. The molecule has 2 aromatic heterocycles. The summed E-state index contributed by atoms with van der Waals surface area (Å²) < 4.78 is 11.1. The molecule has 0 radical (unpaired) electrons. The van der Waals surface area contributed by atoms with Gasteiger partial charge in [0.15, 0.2) is 5.76 Å². The number of ether oxygens (including phenoxy) is 1. The highest BCUT2D eigenvalue weighted by atomic mass is 32.1. The quantitative estimate of drug-likeness (QED) is 0.754. The number of hydrogen-bond acceptors (Lipinski definition) is 5. The molecule has 0 atom stereocenters. The maximum Gasteiger partial charge on any atom is 0.287 e. The lowest BCUT2D eigenvalue weighted by Gasteiger charge is -2.09. The lowest BCUT2D eigenvalue weighted by Crippen LogP contribution is -2.23. The van der Waals surface area contributed by atoms with Crippen molar-refractivity contribution in [3.05, 3.63) is 56.8 Å². The number of nitrogens with one attached hydrogen (secondary N) is 1. The number of thiazole rings is 1. The number of hydrogen-bond donors (Lipinski definition) is 1. The predicted octanol–water partition coefficient (Wildman–Crippen LogP) is 4.06. The third kappa shape index (κ3) is 2.90. The standard InChI is InChI=1S/C20H20N2O3S/c1-11-17-15(7-8-16-18(17)22-12(2)26-16)25-19(11)20(23)21-10-13-5-4-6-14(9-13)24-3/h4-6,9H,7-8,10H2,1-3H3,(H,21,23). The lowest BCUT2D eigenvalue weighted by molar-refractivity contribution is 0.0920. The van der Waals surface area contributed by atoms with E-state index in [1.165, 1.54) is 4.88 Å². The molecule has 0 fully saturated rings. The second-order valence-electron chi connectivity index (χ2n) is 6.39. The van der Waals surface area contributed by atoms with Crippen molar-refractivity contribution >= 4 is 17.2 Å². The molecule has 26 heavy (non-hydrogen) atoms. The number of furan rings is 1. The first-order valence-electron chi connectivity index (χ1n) is 8.57. The Hall–Kier alpha value is -2.60. The number of fused-ring (bicyclic) bond motifs is 3. The van der Waals surface area contributed by atoms with Gasteiger partial charge in [0.05, 0.1) is 17.8 Å². The van der Waals surface area contributed by atoms with Crippen LogP contribution in [0.1, 0.15) is 37.3 Å². The molecule has 1 aromatic carbocycles. The lowest BCUT2D eigenvalue weighted by atomic mass is 9.97. The Labute approximate surface area is 156 Å². The van der Waals surface area contributed by atoms with Gasteiger partial charge in [-0.05, 0) is 38.0 Å². The third-order valence-electron chi connectivity index (χ3n) is 4.63. The maximum absolute atomic E-state index is 12.7. The number of benzene rings is 1. The summed E-state index contributed by atoms with van der Waals surface area (Å²) in [4.78, 5) is 18.6. The van der Waals surface area contributed by atoms with Crippen molar-refractivity contribution in [2.24, 2.45) is 0 Å². The van der Waals surface area contributed by atoms with Gasteiger partial charge in [0, 0.05) is 29.0 Å². The summed E-state index contributed by atoms with van der Waals surface area (Å²) in [7, 11) is 1.63. The van der Waals surface area contributed by atoms with Gasteiger partial charge >= 0.3 is 0 Å². The molecular formula is C20H20N2O3S. The molecule has 1 aliphatic rings. The summed E-state index contributed by atoms with van der Waals surface area (Å²) in [6.45, 7) is 4.37. The largest absolute Gasteiger partial charge is 0.497 e. The minimum atomic E-state index is -0.201. The highest BCUT2D eigenvalue weighted by Crippen LogP contribution is 2.40. The van der Waals surface area contributed by atoms with Gasteiger partial charge in [-0.15, -0.1) is 11.3 Å². The summed E-state index contributed by atoms with van der Waals surface area (Å²) in [6, 6.07) is 7.64. The Balaban J connectivity index is 1.57. The van der Waals surface area contributed by atoms with E-state index in [0.29, 0.717) is 12.3 Å². The van der Waals surface area contributed by atoms with E-state index in [9.17, 15) is 4.79 Å². The van der Waals surface area contributed by atoms with Crippen LogP contribution in [0, 0.1) is 13.8 Å². The van der Waals surface area contributed by atoms with Gasteiger partial charge in [0.2, 0.25) is 0 Å². The zero-order valence-electron chi connectivity index (χ0n) is 15.0. The van der Waals surface area contributed by atoms with E-state index in [0.717, 1.165) is 51.7 Å². The first-order chi connectivity index (χ1) is 12.6. The molecule has 134 valence electrons. The molecule has 0 saturated carbocycles. The molecule has 5 nitrogen and oxygen atoms in total. The highest BCUT2D eigenvalue weighted by molar-refractivity contribution is 7.12. The number of nitrogens with zero attached hydrogens (tertiary/aromatic N) is 1. The van der Waals surface area contributed by atoms with E-state index < -0.39 is 0 Å². The highest BCUT2D eigenvalue weighted by Gasteiger charge is 2.29. The van der Waals surface area contributed by atoms with Gasteiger partial charge in [0.25, 0.3) is 5.91 Å². The molecule has 1 N–H and O–H groups in total. The van der Waals surface area contributed by atoms with Gasteiger partial charge < -0.3 is 14.5 Å². The van der Waals surface area contributed by atoms with Crippen molar-refractivity contribution in [3.63, 3.8) is 0 Å². The van der Waals surface area contributed by atoms with Crippen LogP contribution in [0.15, 0.2) is 28.7 Å². The molecule has 1 amide bonds. The first kappa shape index (κ1) is 16.8. The Morgan fingerprint density at radius 2 is 2.19 bits per heavy atom. The SMILES string of the molecule is COc1cccc(CNC(=O)c2oc3c(c2C)-c2nc(C)sc2CC3)c1. The van der Waals surface area contributed by atoms with Crippen molar-refractivity contribution in [3.8, 4) is 17.0 Å². The van der Waals surface area contributed by atoms with Crippen molar-refractivity contribution < 1.29 is 13.9 Å². The molecule has 2 heterocycles. The zero-order chi connectivity index (χ0) is 18.3. The fourth-order valence-electron chi connectivity index (χ4n) is 3.38. The molecular weight excluding hydrogens is 348 g/mol. The number of methoxy groups -OCH3 is 1. The molecule has 1 aliphatic carbocycles. The number of amides is 1. The van der Waals surface area contributed by atoms with E-state index in [2.05, 4.69) is 10.3 Å². The Bertz CT molecular complexity index is 987. The number of carbonyl (C=O) groups excluding carboxylic acids is 1. The Morgan fingerprint density at radius 3 is 3.00 bits per heavy atom. The van der Waals surface area contributed by atoms with Crippen LogP contribution in [0.2, 0.25) is 0 Å². The van der Waals surface area contributed by atoms with E-state index in [1.807, 2.05) is 38.1 Å². The van der Waals surface area contributed by atoms with Crippen LogP contribution < -0.4 is 10.1 Å². The fraction of sp³-hybridized carbons (Fsp3) is 0.300. The molecule has 3 aromatic rings. The summed E-state index contributed by atoms with van der Waals surface area (Å²) in [6.07, 6.45) is 1.74. The van der Waals surface area contributed by atoms with Crippen molar-refractivity contribution in [1.82, 2.24) is 10.3 Å². The third-order valence-corrected chi connectivity index (χ3v) is 5.66. The average molecular weight is 368 g/mol. The molecule has 0 aliphatic heterocycles. The minimum absolute atomic E-state index is 0.201. The number of carbonyl (C=O) groups is 1. The normalized spacial score (nSPS) is 12.4. The number of aryl methyl sites for hydroxylation is 3. The summed E-state index contributed by atoms with van der Waals surface area (Å²) in [5, 5.41) is 3.99. The van der Waals surface area contributed by atoms with Crippen molar-refractivity contribution in [2.75, 3.05) is 7.11 Å². The van der Waals surface area contributed by atoms with Crippen molar-refractivity contribution in [2.45, 2.75) is 33.2 Å². The molecule has 0 unspecified atom stereocenters. The molecule has 0 spiro atoms. The maximum atomic E-state index is 12.7. The van der Waals surface area contributed by atoms with E-state index in [-0.39, 0.29) is 5.91 Å². The predicted molar refractivity (Wildman–Crippen MR) is 101 cm³/mol. The van der Waals surface area contributed by atoms with Crippen LogP contribution >= 0.6 is 11.3 Å². The van der Waals surface area contributed by atoms with Gasteiger partial charge in [-0.1, -0.05) is 12.1 Å². The minimum Gasteiger partial charge on any atom is -0.497 e. The Morgan fingerprint density at radius 1 is 1.35 bits per heavy atom. The van der Waals surface area contributed by atoms with Gasteiger partial charge in [-0.25, -0.2) is 4.98 Å². The number of aromatic nitrogens is 1. The zero-order valence-corrected chi connectivity index (χ0v) is 15.8. The van der Waals surface area contributed by atoms with Gasteiger partial charge in [0.1, 0.15) is 11.5 Å². The summed E-state index contributed by atoms with van der Waals surface area (Å²) in [5.74, 6) is 1.82. The average Bonchev–Trinajstić information content (AvgIpc) is 3.19.